The van der Waals surface area contributed by atoms with Gasteiger partial charge in [-0.25, -0.2) is 9.50 Å². The highest BCUT2D eigenvalue weighted by molar-refractivity contribution is 6.09. The van der Waals surface area contributed by atoms with Crippen molar-refractivity contribution in [2.75, 3.05) is 15.5 Å². The van der Waals surface area contributed by atoms with Crippen LogP contribution in [0.15, 0.2) is 48.8 Å². The molecular formula is C25H23F3N8O. The molecule has 0 unspecified atom stereocenters. The lowest BCUT2D eigenvalue weighted by molar-refractivity contribution is -0.137. The number of pyridine rings is 3. The Bertz CT molecular complexity index is 1480. The van der Waals surface area contributed by atoms with Crippen LogP contribution in [0.25, 0.3) is 5.65 Å². The Morgan fingerprint density at radius 2 is 1.84 bits per heavy atom. The third kappa shape index (κ3) is 4.54. The summed E-state index contributed by atoms with van der Waals surface area (Å²) in [4.78, 5) is 27.6. The molecule has 9 nitrogen and oxygen atoms in total. The maximum absolute atomic E-state index is 13.0. The van der Waals surface area contributed by atoms with Gasteiger partial charge >= 0.3 is 6.18 Å². The van der Waals surface area contributed by atoms with Gasteiger partial charge < -0.3 is 15.5 Å². The summed E-state index contributed by atoms with van der Waals surface area (Å²) in [5.41, 5.74) is 2.37. The monoisotopic (exact) mass is 508 g/mol. The van der Waals surface area contributed by atoms with E-state index in [1.54, 1.807) is 11.1 Å². The van der Waals surface area contributed by atoms with E-state index in [1.807, 2.05) is 31.2 Å². The lowest BCUT2D eigenvalue weighted by Crippen LogP contribution is -2.24. The fourth-order valence-electron chi connectivity index (χ4n) is 4.89. The molecule has 6 rings (SSSR count). The Hall–Kier alpha value is -4.22. The molecule has 0 radical (unpaired) electrons. The second-order valence-corrected chi connectivity index (χ2v) is 9.39. The van der Waals surface area contributed by atoms with Gasteiger partial charge in [0.15, 0.2) is 5.65 Å². The number of nitrogens with zero attached hydrogens (tertiary/aromatic N) is 6. The van der Waals surface area contributed by atoms with E-state index in [1.165, 1.54) is 10.7 Å². The summed E-state index contributed by atoms with van der Waals surface area (Å²) in [7, 11) is 0. The number of halogens is 3. The Morgan fingerprint density at radius 3 is 2.59 bits per heavy atom. The van der Waals surface area contributed by atoms with Gasteiger partial charge in [0, 0.05) is 24.0 Å². The van der Waals surface area contributed by atoms with Gasteiger partial charge in [0.25, 0.3) is 5.91 Å². The summed E-state index contributed by atoms with van der Waals surface area (Å²) in [6, 6.07) is 9.58. The van der Waals surface area contributed by atoms with Crippen LogP contribution in [-0.4, -0.2) is 42.6 Å². The molecule has 5 heterocycles. The topological polar surface area (TPSA) is 100 Å². The van der Waals surface area contributed by atoms with Crippen LogP contribution in [0.5, 0.6) is 0 Å². The van der Waals surface area contributed by atoms with Crippen molar-refractivity contribution in [1.29, 1.82) is 0 Å². The summed E-state index contributed by atoms with van der Waals surface area (Å²) in [5, 5.41) is 10.9. The van der Waals surface area contributed by atoms with E-state index in [0.29, 0.717) is 29.6 Å². The van der Waals surface area contributed by atoms with Crippen LogP contribution in [0, 0.1) is 6.92 Å². The van der Waals surface area contributed by atoms with Crippen molar-refractivity contribution < 1.29 is 18.0 Å². The van der Waals surface area contributed by atoms with Crippen molar-refractivity contribution in [3.05, 3.63) is 71.3 Å². The number of alkyl halides is 3. The van der Waals surface area contributed by atoms with Gasteiger partial charge in [-0.2, -0.15) is 18.2 Å². The number of hydrogen-bond acceptors (Lipinski definition) is 7. The number of amides is 1. The number of fused-ring (bicyclic) bond motifs is 2. The van der Waals surface area contributed by atoms with Crippen molar-refractivity contribution in [3.8, 4) is 0 Å². The molecule has 1 aliphatic heterocycles. The van der Waals surface area contributed by atoms with Gasteiger partial charge in [0.1, 0.15) is 5.82 Å². The predicted octanol–water partition coefficient (Wildman–Crippen LogP) is 4.45. The van der Waals surface area contributed by atoms with E-state index in [4.69, 9.17) is 0 Å². The highest BCUT2D eigenvalue weighted by atomic mass is 19.4. The standard InChI is InChI=1S/C25H23F3N8O/c1-14-2-6-19-20(30-14)13-35(23(19)37)18-5-7-21(29-12-18)31-16-3-4-17(11-16)32-24-33-22-10-15(25(26,27)28)8-9-36(22)34-24/h2,5-10,12,16-17H,3-4,11,13H2,1H3,(H,29,31)(H,32,34)/t16-,17-/m0/s1. The normalized spacial score (nSPS) is 19.5. The average molecular weight is 509 g/mol. The molecule has 2 atom stereocenters. The zero-order valence-electron chi connectivity index (χ0n) is 19.8. The van der Waals surface area contributed by atoms with Gasteiger partial charge in [-0.05, 0) is 62.6 Å². The van der Waals surface area contributed by atoms with Crippen LogP contribution in [0.4, 0.5) is 30.6 Å². The molecule has 1 aliphatic carbocycles. The Kier molecular flexibility index (Phi) is 5.46. The number of hydrogen-bond donors (Lipinski definition) is 2. The first-order chi connectivity index (χ1) is 17.7. The molecule has 0 bridgehead atoms. The Labute approximate surface area is 209 Å². The number of anilines is 3. The van der Waals surface area contributed by atoms with Crippen molar-refractivity contribution in [2.45, 2.75) is 51.0 Å². The Balaban J connectivity index is 1.06. The smallest absolute Gasteiger partial charge is 0.367 e. The fraction of sp³-hybridized carbons (Fsp3) is 0.320. The first-order valence-corrected chi connectivity index (χ1v) is 11.9. The van der Waals surface area contributed by atoms with Crippen molar-refractivity contribution >= 4 is 29.0 Å². The largest absolute Gasteiger partial charge is 0.416 e. The average Bonchev–Trinajstić information content (AvgIpc) is 3.55. The van der Waals surface area contributed by atoms with E-state index in [-0.39, 0.29) is 23.6 Å². The number of rotatable bonds is 5. The summed E-state index contributed by atoms with van der Waals surface area (Å²) < 4.78 is 40.2. The molecular weight excluding hydrogens is 485 g/mol. The van der Waals surface area contributed by atoms with E-state index >= 15 is 0 Å². The van der Waals surface area contributed by atoms with Gasteiger partial charge in [-0.3, -0.25) is 9.78 Å². The second kappa shape index (κ2) is 8.71. The zero-order valence-corrected chi connectivity index (χ0v) is 19.8. The fourth-order valence-corrected chi connectivity index (χ4v) is 4.89. The van der Waals surface area contributed by atoms with Crippen molar-refractivity contribution in [2.24, 2.45) is 0 Å². The number of aryl methyl sites for hydroxylation is 1. The molecule has 1 amide bonds. The lowest BCUT2D eigenvalue weighted by Gasteiger charge is -2.17. The van der Waals surface area contributed by atoms with Crippen LogP contribution in [-0.2, 0) is 12.7 Å². The second-order valence-electron chi connectivity index (χ2n) is 9.39. The van der Waals surface area contributed by atoms with E-state index in [2.05, 4.69) is 30.7 Å². The molecule has 1 saturated carbocycles. The molecule has 1 fully saturated rings. The maximum atomic E-state index is 13.0. The van der Waals surface area contributed by atoms with Gasteiger partial charge in [0.2, 0.25) is 5.95 Å². The molecule has 2 N–H and O–H groups in total. The molecule has 12 heteroatoms. The highest BCUT2D eigenvalue weighted by Crippen LogP contribution is 2.31. The zero-order chi connectivity index (χ0) is 25.7. The minimum absolute atomic E-state index is 0.0768. The van der Waals surface area contributed by atoms with Crippen LogP contribution >= 0.6 is 0 Å². The lowest BCUT2D eigenvalue weighted by atomic mass is 10.2. The van der Waals surface area contributed by atoms with Gasteiger partial charge in [0.05, 0.1) is 35.2 Å². The van der Waals surface area contributed by atoms with Crippen LogP contribution in [0.2, 0.25) is 0 Å². The molecule has 0 spiro atoms. The van der Waals surface area contributed by atoms with Crippen molar-refractivity contribution in [3.63, 3.8) is 0 Å². The van der Waals surface area contributed by atoms with Crippen LogP contribution < -0.4 is 15.5 Å². The minimum atomic E-state index is -4.43. The first kappa shape index (κ1) is 23.2. The number of carbonyl (C=O) groups excluding carboxylic acids is 1. The number of aromatic nitrogens is 5. The highest BCUT2D eigenvalue weighted by Gasteiger charge is 2.32. The molecule has 2 aliphatic rings. The van der Waals surface area contributed by atoms with E-state index < -0.39 is 11.7 Å². The van der Waals surface area contributed by atoms with E-state index in [9.17, 15) is 18.0 Å². The molecule has 4 aromatic heterocycles. The third-order valence-corrected chi connectivity index (χ3v) is 6.74. The summed E-state index contributed by atoms with van der Waals surface area (Å²) in [5.74, 6) is 0.927. The molecule has 0 aromatic carbocycles. The number of carbonyl (C=O) groups is 1. The summed E-state index contributed by atoms with van der Waals surface area (Å²) >= 11 is 0. The number of nitrogens with one attached hydrogen (secondary N) is 2. The van der Waals surface area contributed by atoms with Crippen LogP contribution in [0.1, 0.15) is 46.6 Å². The third-order valence-electron chi connectivity index (χ3n) is 6.74. The van der Waals surface area contributed by atoms with E-state index in [0.717, 1.165) is 42.8 Å². The first-order valence-electron chi connectivity index (χ1n) is 11.9. The summed E-state index contributed by atoms with van der Waals surface area (Å²) in [6.45, 7) is 2.33. The SMILES string of the molecule is Cc1ccc2c(n1)CN(c1ccc(N[C@H]3CC[C@H](Nc4nc5cc(C(F)(F)F)ccn5n4)C3)nc1)C2=O. The molecule has 37 heavy (non-hydrogen) atoms. The minimum Gasteiger partial charge on any atom is -0.367 e. The van der Waals surface area contributed by atoms with Gasteiger partial charge in [-0.1, -0.05) is 0 Å². The molecule has 0 saturated heterocycles. The predicted molar refractivity (Wildman–Crippen MR) is 130 cm³/mol. The maximum Gasteiger partial charge on any atom is 0.416 e. The molecule has 190 valence electrons. The van der Waals surface area contributed by atoms with Gasteiger partial charge in [-0.15, -0.1) is 5.10 Å². The molecule has 4 aromatic rings. The summed E-state index contributed by atoms with van der Waals surface area (Å²) in [6.07, 6.45) is 1.03. The van der Waals surface area contributed by atoms with Crippen molar-refractivity contribution in [1.82, 2.24) is 24.6 Å². The Morgan fingerprint density at radius 1 is 1.03 bits per heavy atom. The van der Waals surface area contributed by atoms with Crippen LogP contribution in [0.3, 0.4) is 0 Å². The quantitative estimate of drug-likeness (QED) is 0.411.